The third-order valence-electron chi connectivity index (χ3n) is 6.62. The highest BCUT2D eigenvalue weighted by Gasteiger charge is 2.47. The summed E-state index contributed by atoms with van der Waals surface area (Å²) in [6.45, 7) is -0.822. The van der Waals surface area contributed by atoms with Crippen molar-refractivity contribution in [2.45, 2.75) is 98.3 Å². The molecule has 14 heteroatoms. The van der Waals surface area contributed by atoms with Crippen LogP contribution in [0.5, 0.6) is 0 Å². The van der Waals surface area contributed by atoms with Gasteiger partial charge in [0.05, 0.1) is 61.8 Å². The van der Waals surface area contributed by atoms with Gasteiger partial charge >= 0.3 is 0 Å². The number of rotatable bonds is 6. The Labute approximate surface area is 186 Å². The summed E-state index contributed by atoms with van der Waals surface area (Å²) in [6.07, 6.45) is -6.77. The zero-order valence-electron chi connectivity index (χ0n) is 17.8. The third-order valence-corrected chi connectivity index (χ3v) is 6.62. The van der Waals surface area contributed by atoms with E-state index in [0.717, 1.165) is 0 Å². The second kappa shape index (κ2) is 10.8. The topological polar surface area (TPSA) is 274 Å². The number of ether oxygens (including phenoxy) is 4. The minimum absolute atomic E-state index is 0.222. The Morgan fingerprint density at radius 1 is 0.625 bits per heavy atom. The van der Waals surface area contributed by atoms with Crippen LogP contribution in [0.4, 0.5) is 0 Å². The molecule has 188 valence electrons. The van der Waals surface area contributed by atoms with E-state index >= 15 is 0 Å². The van der Waals surface area contributed by atoms with E-state index in [1.807, 2.05) is 0 Å². The summed E-state index contributed by atoms with van der Waals surface area (Å²) in [5, 5.41) is 39.5. The largest absolute Gasteiger partial charge is 0.394 e. The maximum atomic E-state index is 10.3. The van der Waals surface area contributed by atoms with Crippen LogP contribution >= 0.6 is 0 Å². The standard InChI is InChI=1S/C18H38N6O8/c19-5-1-6(20)8(30-18-14(24)16(28)12(22)10(4-26)32-18)2-7(5)29-17-13(23)15(27)11(21)9(3-25)31-17/h5-18,25-28H,1-4,19-24H2/t5-,6+,7-,8+,9-,10-,11+,12-,13-,14-,15+,16+,17+,18+/m1/s1. The monoisotopic (exact) mass is 466 g/mol. The Kier molecular flexibility index (Phi) is 8.79. The van der Waals surface area contributed by atoms with Crippen molar-refractivity contribution in [1.82, 2.24) is 0 Å². The van der Waals surface area contributed by atoms with Gasteiger partial charge in [0.25, 0.3) is 0 Å². The molecule has 1 aliphatic carbocycles. The molecule has 14 nitrogen and oxygen atoms in total. The Morgan fingerprint density at radius 2 is 1.00 bits per heavy atom. The molecule has 16 N–H and O–H groups in total. The normalized spacial score (nSPS) is 52.7. The van der Waals surface area contributed by atoms with E-state index < -0.39 is 98.7 Å². The number of hydrogen-bond acceptors (Lipinski definition) is 14. The third kappa shape index (κ3) is 5.24. The van der Waals surface area contributed by atoms with Crippen molar-refractivity contribution in [2.24, 2.45) is 34.4 Å². The molecule has 0 amide bonds. The molecular formula is C18H38N6O8. The zero-order chi connectivity index (χ0) is 23.7. The number of hydrogen-bond donors (Lipinski definition) is 10. The molecule has 0 aromatic carbocycles. The van der Waals surface area contributed by atoms with Crippen molar-refractivity contribution in [3.05, 3.63) is 0 Å². The van der Waals surface area contributed by atoms with Gasteiger partial charge in [-0.05, 0) is 6.42 Å². The van der Waals surface area contributed by atoms with Gasteiger partial charge in [-0.15, -0.1) is 0 Å². The average Bonchev–Trinajstić information content (AvgIpc) is 2.77. The first-order valence-corrected chi connectivity index (χ1v) is 10.8. The maximum Gasteiger partial charge on any atom is 0.176 e. The summed E-state index contributed by atoms with van der Waals surface area (Å²) >= 11 is 0. The number of aliphatic hydroxyl groups is 4. The smallest absolute Gasteiger partial charge is 0.176 e. The Bertz CT molecular complexity index is 558. The molecule has 0 unspecified atom stereocenters. The molecule has 3 aliphatic rings. The van der Waals surface area contributed by atoms with Gasteiger partial charge in [-0.1, -0.05) is 0 Å². The highest BCUT2D eigenvalue weighted by atomic mass is 16.7. The van der Waals surface area contributed by atoms with Crippen molar-refractivity contribution >= 4 is 0 Å². The van der Waals surface area contributed by atoms with Crippen LogP contribution in [-0.4, -0.2) is 119 Å². The van der Waals surface area contributed by atoms with E-state index in [0.29, 0.717) is 6.42 Å². The molecule has 3 fully saturated rings. The van der Waals surface area contributed by atoms with Crippen molar-refractivity contribution in [1.29, 1.82) is 0 Å². The second-order valence-corrected chi connectivity index (χ2v) is 8.89. The van der Waals surface area contributed by atoms with Gasteiger partial charge in [0.1, 0.15) is 12.2 Å². The summed E-state index contributed by atoms with van der Waals surface area (Å²) in [5.41, 5.74) is 36.2. The first-order chi connectivity index (χ1) is 15.1. The van der Waals surface area contributed by atoms with Gasteiger partial charge in [-0.3, -0.25) is 0 Å². The molecule has 2 heterocycles. The summed E-state index contributed by atoms with van der Waals surface area (Å²) in [6, 6.07) is -4.58. The quantitative estimate of drug-likeness (QED) is 0.174. The van der Waals surface area contributed by atoms with E-state index in [1.165, 1.54) is 0 Å². The van der Waals surface area contributed by atoms with Crippen LogP contribution in [-0.2, 0) is 18.9 Å². The summed E-state index contributed by atoms with van der Waals surface area (Å²) in [5.74, 6) is 0. The average molecular weight is 467 g/mol. The lowest BCUT2D eigenvalue weighted by molar-refractivity contribution is -0.279. The molecule has 1 saturated carbocycles. The molecule has 0 spiro atoms. The van der Waals surface area contributed by atoms with Crippen molar-refractivity contribution in [3.8, 4) is 0 Å². The minimum Gasteiger partial charge on any atom is -0.394 e. The van der Waals surface area contributed by atoms with Crippen molar-refractivity contribution in [3.63, 3.8) is 0 Å². The van der Waals surface area contributed by atoms with Crippen LogP contribution in [0.15, 0.2) is 0 Å². The van der Waals surface area contributed by atoms with Gasteiger partial charge in [-0.2, -0.15) is 0 Å². The lowest BCUT2D eigenvalue weighted by Crippen LogP contribution is -2.67. The number of nitrogens with two attached hydrogens (primary N) is 6. The summed E-state index contributed by atoms with van der Waals surface area (Å²) in [7, 11) is 0. The minimum atomic E-state index is -1.14. The van der Waals surface area contributed by atoms with E-state index in [1.54, 1.807) is 0 Å². The fraction of sp³-hybridized carbons (Fsp3) is 1.00. The van der Waals surface area contributed by atoms with Gasteiger partial charge in [0.15, 0.2) is 12.6 Å². The first kappa shape index (κ1) is 26.1. The molecule has 14 atom stereocenters. The van der Waals surface area contributed by atoms with Gasteiger partial charge < -0.3 is 73.8 Å². The van der Waals surface area contributed by atoms with Gasteiger partial charge in [0, 0.05) is 18.5 Å². The summed E-state index contributed by atoms with van der Waals surface area (Å²) in [4.78, 5) is 0. The van der Waals surface area contributed by atoms with E-state index in [-0.39, 0.29) is 6.42 Å². The van der Waals surface area contributed by atoms with E-state index in [2.05, 4.69) is 0 Å². The zero-order valence-corrected chi connectivity index (χ0v) is 17.8. The molecule has 32 heavy (non-hydrogen) atoms. The van der Waals surface area contributed by atoms with Crippen molar-refractivity contribution in [2.75, 3.05) is 13.2 Å². The fourth-order valence-electron chi connectivity index (χ4n) is 4.41. The fourth-order valence-corrected chi connectivity index (χ4v) is 4.41. The second-order valence-electron chi connectivity index (χ2n) is 8.89. The lowest BCUT2D eigenvalue weighted by Gasteiger charge is -2.46. The molecule has 0 radical (unpaired) electrons. The molecule has 0 aromatic heterocycles. The molecule has 0 bridgehead atoms. The predicted molar refractivity (Wildman–Crippen MR) is 110 cm³/mol. The Hall–Kier alpha value is -0.560. The van der Waals surface area contributed by atoms with Crippen LogP contribution in [0.25, 0.3) is 0 Å². The van der Waals surface area contributed by atoms with Crippen LogP contribution < -0.4 is 34.4 Å². The van der Waals surface area contributed by atoms with Crippen molar-refractivity contribution < 1.29 is 39.4 Å². The van der Waals surface area contributed by atoms with Gasteiger partial charge in [-0.25, -0.2) is 0 Å². The first-order valence-electron chi connectivity index (χ1n) is 10.8. The van der Waals surface area contributed by atoms with E-state index in [4.69, 9.17) is 53.3 Å². The predicted octanol–water partition coefficient (Wildman–Crippen LogP) is -6.33. The van der Waals surface area contributed by atoms with Crippen LogP contribution in [0.3, 0.4) is 0 Å². The molecule has 2 aliphatic heterocycles. The Morgan fingerprint density at radius 3 is 1.34 bits per heavy atom. The lowest BCUT2D eigenvalue weighted by atomic mass is 9.86. The summed E-state index contributed by atoms with van der Waals surface area (Å²) < 4.78 is 23.2. The SMILES string of the molecule is N[C@@H]1[C@H](O)[C@@H](N)[C@@H](O[C@@H]2C[C@H](O[C@H]3O[C@H](CO)[C@@H](N)[C@H](O)[C@H]3N)[C@@H](N)C[C@H]2N)O[C@@H]1CO. The van der Waals surface area contributed by atoms with Crippen LogP contribution in [0.1, 0.15) is 12.8 Å². The van der Waals surface area contributed by atoms with Gasteiger partial charge in [0.2, 0.25) is 0 Å². The highest BCUT2D eigenvalue weighted by Crippen LogP contribution is 2.30. The molecule has 0 aromatic rings. The highest BCUT2D eigenvalue weighted by molar-refractivity contribution is 4.98. The van der Waals surface area contributed by atoms with Crippen LogP contribution in [0.2, 0.25) is 0 Å². The Balaban J connectivity index is 1.66. The molecule has 2 saturated heterocycles. The number of aliphatic hydroxyl groups excluding tert-OH is 4. The molecule has 3 rings (SSSR count). The molecular weight excluding hydrogens is 428 g/mol. The van der Waals surface area contributed by atoms with Crippen LogP contribution in [0, 0.1) is 0 Å². The maximum absolute atomic E-state index is 10.3. The van der Waals surface area contributed by atoms with E-state index in [9.17, 15) is 20.4 Å².